The lowest BCUT2D eigenvalue weighted by atomic mass is 10.1. The molecule has 2 aromatic rings. The molecule has 0 aliphatic rings. The summed E-state index contributed by atoms with van der Waals surface area (Å²) in [6.45, 7) is 5.05. The third-order valence-corrected chi connectivity index (χ3v) is 3.04. The van der Waals surface area contributed by atoms with Crippen LogP contribution in [-0.2, 0) is 6.42 Å². The van der Waals surface area contributed by atoms with Crippen LogP contribution in [0.3, 0.4) is 0 Å². The van der Waals surface area contributed by atoms with Crippen LogP contribution in [0.1, 0.15) is 23.4 Å². The summed E-state index contributed by atoms with van der Waals surface area (Å²) in [5.41, 5.74) is 3.27. The fourth-order valence-electron chi connectivity index (χ4n) is 2.06. The van der Waals surface area contributed by atoms with Gasteiger partial charge in [0.2, 0.25) is 0 Å². The van der Waals surface area contributed by atoms with Gasteiger partial charge >= 0.3 is 0 Å². The highest BCUT2D eigenvalue weighted by molar-refractivity contribution is 5.44. The van der Waals surface area contributed by atoms with E-state index in [1.54, 1.807) is 18.5 Å². The predicted octanol–water partition coefficient (Wildman–Crippen LogP) is 1.70. The molecule has 1 N–H and O–H groups in total. The van der Waals surface area contributed by atoms with Gasteiger partial charge in [-0.15, -0.1) is 0 Å². The van der Waals surface area contributed by atoms with Crippen LogP contribution in [0.5, 0.6) is 0 Å². The molecule has 0 aliphatic carbocycles. The Hall–Kier alpha value is -1.88. The van der Waals surface area contributed by atoms with Crippen molar-refractivity contribution in [3.05, 3.63) is 35.4 Å². The Morgan fingerprint density at radius 3 is 2.21 bits per heavy atom. The molecule has 0 spiro atoms. The Morgan fingerprint density at radius 1 is 1.00 bits per heavy atom. The summed E-state index contributed by atoms with van der Waals surface area (Å²) in [6.07, 6.45) is 5.49. The smallest absolute Gasteiger partial charge is 0.198 e. The minimum Gasteiger partial charge on any atom is -0.320 e. The second-order valence-corrected chi connectivity index (χ2v) is 4.48. The Kier molecular flexibility index (Phi) is 4.52. The van der Waals surface area contributed by atoms with Gasteiger partial charge in [-0.1, -0.05) is 0 Å². The van der Waals surface area contributed by atoms with Crippen molar-refractivity contribution in [3.63, 3.8) is 0 Å². The molecule has 19 heavy (non-hydrogen) atoms. The van der Waals surface area contributed by atoms with Crippen molar-refractivity contribution in [2.24, 2.45) is 0 Å². The molecule has 0 radical (unpaired) electrons. The van der Waals surface area contributed by atoms with Crippen LogP contribution in [0.15, 0.2) is 18.5 Å². The van der Waals surface area contributed by atoms with Crippen LogP contribution in [0.4, 0.5) is 0 Å². The zero-order valence-corrected chi connectivity index (χ0v) is 11.6. The number of rotatable bonds is 5. The molecule has 0 saturated carbocycles. The minimum absolute atomic E-state index is 0.579. The van der Waals surface area contributed by atoms with E-state index in [4.69, 9.17) is 0 Å². The van der Waals surface area contributed by atoms with Crippen LogP contribution in [0.25, 0.3) is 11.6 Å². The molecule has 5 heteroatoms. The number of aryl methyl sites for hydroxylation is 2. The maximum atomic E-state index is 4.53. The molecule has 0 aromatic carbocycles. The van der Waals surface area contributed by atoms with Crippen LogP contribution in [0, 0.1) is 13.8 Å². The second-order valence-electron chi connectivity index (χ2n) is 4.48. The highest BCUT2D eigenvalue weighted by Crippen LogP contribution is 2.16. The van der Waals surface area contributed by atoms with Gasteiger partial charge < -0.3 is 5.32 Å². The first-order valence-corrected chi connectivity index (χ1v) is 6.48. The topological polar surface area (TPSA) is 63.6 Å². The Morgan fingerprint density at radius 2 is 1.63 bits per heavy atom. The third-order valence-electron chi connectivity index (χ3n) is 3.04. The summed E-state index contributed by atoms with van der Waals surface area (Å²) < 4.78 is 0. The van der Waals surface area contributed by atoms with Crippen LogP contribution in [0.2, 0.25) is 0 Å². The van der Waals surface area contributed by atoms with E-state index in [1.807, 2.05) is 20.9 Å². The fourth-order valence-corrected chi connectivity index (χ4v) is 2.06. The third kappa shape index (κ3) is 3.32. The first-order chi connectivity index (χ1) is 9.22. The van der Waals surface area contributed by atoms with E-state index in [9.17, 15) is 0 Å². The monoisotopic (exact) mass is 257 g/mol. The first-order valence-electron chi connectivity index (χ1n) is 6.48. The number of aromatic nitrogens is 4. The SMILES string of the molecule is CNCCCc1c(C)nc(-c2ncccn2)nc1C. The zero-order chi connectivity index (χ0) is 13.7. The highest BCUT2D eigenvalue weighted by Gasteiger charge is 2.11. The number of nitrogens with one attached hydrogen (secondary N) is 1. The standard InChI is InChI=1S/C14H19N5/c1-10-12(6-4-7-15-3)11(2)19-14(18-10)13-16-8-5-9-17-13/h5,8-9,15H,4,6-7H2,1-3H3. The molecule has 5 nitrogen and oxygen atoms in total. The molecular formula is C14H19N5. The van der Waals surface area contributed by atoms with Gasteiger partial charge in [0.05, 0.1) is 0 Å². The average molecular weight is 257 g/mol. The predicted molar refractivity (Wildman–Crippen MR) is 74.8 cm³/mol. The summed E-state index contributed by atoms with van der Waals surface area (Å²) in [6, 6.07) is 1.79. The van der Waals surface area contributed by atoms with Crippen molar-refractivity contribution < 1.29 is 0 Å². The lowest BCUT2D eigenvalue weighted by Gasteiger charge is -2.10. The molecule has 0 bridgehead atoms. The van der Waals surface area contributed by atoms with Crippen LogP contribution >= 0.6 is 0 Å². The molecule has 0 atom stereocenters. The summed E-state index contributed by atoms with van der Waals surface area (Å²) in [4.78, 5) is 17.4. The van der Waals surface area contributed by atoms with E-state index in [0.29, 0.717) is 11.6 Å². The van der Waals surface area contributed by atoms with E-state index in [-0.39, 0.29) is 0 Å². The van der Waals surface area contributed by atoms with Gasteiger partial charge in [0.25, 0.3) is 0 Å². The molecule has 0 fully saturated rings. The molecule has 0 amide bonds. The van der Waals surface area contributed by atoms with Gasteiger partial charge in [0.15, 0.2) is 11.6 Å². The summed E-state index contributed by atoms with van der Waals surface area (Å²) >= 11 is 0. The Bertz CT molecular complexity index is 516. The second kappa shape index (κ2) is 6.33. The molecule has 0 unspecified atom stereocenters. The fraction of sp³-hybridized carbons (Fsp3) is 0.429. The lowest BCUT2D eigenvalue weighted by molar-refractivity contribution is 0.715. The quantitative estimate of drug-likeness (QED) is 0.826. The van der Waals surface area contributed by atoms with Crippen molar-refractivity contribution in [3.8, 4) is 11.6 Å². The zero-order valence-electron chi connectivity index (χ0n) is 11.6. The molecule has 2 heterocycles. The van der Waals surface area contributed by atoms with Crippen LogP contribution < -0.4 is 5.32 Å². The van der Waals surface area contributed by atoms with E-state index >= 15 is 0 Å². The van der Waals surface area contributed by atoms with Crippen molar-refractivity contribution in [1.29, 1.82) is 0 Å². The summed E-state index contributed by atoms with van der Waals surface area (Å²) in [5, 5.41) is 3.15. The van der Waals surface area contributed by atoms with E-state index in [1.165, 1.54) is 5.56 Å². The minimum atomic E-state index is 0.579. The first kappa shape index (κ1) is 13.5. The Balaban J connectivity index is 2.26. The van der Waals surface area contributed by atoms with Crippen molar-refractivity contribution >= 4 is 0 Å². The van der Waals surface area contributed by atoms with Gasteiger partial charge in [0, 0.05) is 23.8 Å². The van der Waals surface area contributed by atoms with Gasteiger partial charge in [-0.3, -0.25) is 0 Å². The van der Waals surface area contributed by atoms with Gasteiger partial charge in [-0.2, -0.15) is 0 Å². The summed E-state index contributed by atoms with van der Waals surface area (Å²) in [5.74, 6) is 1.18. The molecular weight excluding hydrogens is 238 g/mol. The number of hydrogen-bond acceptors (Lipinski definition) is 5. The van der Waals surface area contributed by atoms with Gasteiger partial charge in [-0.05, 0) is 51.9 Å². The van der Waals surface area contributed by atoms with Crippen molar-refractivity contribution in [1.82, 2.24) is 25.3 Å². The van der Waals surface area contributed by atoms with E-state index in [0.717, 1.165) is 30.8 Å². The maximum Gasteiger partial charge on any atom is 0.198 e. The lowest BCUT2D eigenvalue weighted by Crippen LogP contribution is -2.10. The van der Waals surface area contributed by atoms with Crippen molar-refractivity contribution in [2.45, 2.75) is 26.7 Å². The van der Waals surface area contributed by atoms with Crippen LogP contribution in [-0.4, -0.2) is 33.5 Å². The molecule has 0 saturated heterocycles. The highest BCUT2D eigenvalue weighted by atomic mass is 15.0. The Labute approximate surface area is 113 Å². The largest absolute Gasteiger partial charge is 0.320 e. The maximum absolute atomic E-state index is 4.53. The number of hydrogen-bond donors (Lipinski definition) is 1. The molecule has 2 aromatic heterocycles. The molecule has 2 rings (SSSR count). The normalized spacial score (nSPS) is 10.7. The van der Waals surface area contributed by atoms with E-state index in [2.05, 4.69) is 25.3 Å². The number of nitrogens with zero attached hydrogens (tertiary/aromatic N) is 4. The molecule has 0 aliphatic heterocycles. The average Bonchev–Trinajstić information content (AvgIpc) is 2.43. The summed E-state index contributed by atoms with van der Waals surface area (Å²) in [7, 11) is 1.96. The molecule has 100 valence electrons. The van der Waals surface area contributed by atoms with E-state index < -0.39 is 0 Å². The van der Waals surface area contributed by atoms with Gasteiger partial charge in [-0.25, -0.2) is 19.9 Å². The van der Waals surface area contributed by atoms with Crippen molar-refractivity contribution in [2.75, 3.05) is 13.6 Å². The van der Waals surface area contributed by atoms with Gasteiger partial charge in [0.1, 0.15) is 0 Å².